The second-order valence-corrected chi connectivity index (χ2v) is 4.53. The number of carbonyl (C=O) groups is 1. The lowest BCUT2D eigenvalue weighted by molar-refractivity contribution is 0.103. The minimum atomic E-state index is -0.0263. The third kappa shape index (κ3) is 2.23. The van der Waals surface area contributed by atoms with Crippen molar-refractivity contribution < 1.29 is 4.79 Å². The molecule has 0 aliphatic heterocycles. The Kier molecular flexibility index (Phi) is 3.13. The standard InChI is InChI=1S/C16H13N3O/c1-12-5-4-6-13(11-12)16(20)14-7-2-3-8-15(14)19-17-9-10-18-19/h2-11H,1H3. The van der Waals surface area contributed by atoms with Crippen LogP contribution in [0.3, 0.4) is 0 Å². The van der Waals surface area contributed by atoms with Gasteiger partial charge in [0, 0.05) is 5.56 Å². The molecule has 2 aromatic carbocycles. The number of para-hydroxylation sites is 1. The summed E-state index contributed by atoms with van der Waals surface area (Å²) in [6.45, 7) is 1.97. The molecule has 0 aliphatic rings. The summed E-state index contributed by atoms with van der Waals surface area (Å²) in [6, 6.07) is 14.9. The number of ketones is 1. The first kappa shape index (κ1) is 12.3. The molecule has 0 amide bonds. The summed E-state index contributed by atoms with van der Waals surface area (Å²) in [5.74, 6) is -0.0263. The van der Waals surface area contributed by atoms with Crippen LogP contribution in [0, 0.1) is 6.92 Å². The van der Waals surface area contributed by atoms with Gasteiger partial charge in [-0.15, -0.1) is 0 Å². The molecule has 4 nitrogen and oxygen atoms in total. The number of aryl methyl sites for hydroxylation is 1. The fourth-order valence-corrected chi connectivity index (χ4v) is 2.12. The Hall–Kier alpha value is -2.75. The zero-order valence-corrected chi connectivity index (χ0v) is 11.0. The lowest BCUT2D eigenvalue weighted by Crippen LogP contribution is -2.09. The van der Waals surface area contributed by atoms with Crippen molar-refractivity contribution in [3.63, 3.8) is 0 Å². The van der Waals surface area contributed by atoms with Gasteiger partial charge in [0.2, 0.25) is 0 Å². The Bertz CT molecular complexity index is 748. The molecule has 1 heterocycles. The smallest absolute Gasteiger partial charge is 0.195 e. The van der Waals surface area contributed by atoms with Crippen LogP contribution in [-0.2, 0) is 0 Å². The third-order valence-corrected chi connectivity index (χ3v) is 3.06. The summed E-state index contributed by atoms with van der Waals surface area (Å²) in [7, 11) is 0. The molecule has 0 bridgehead atoms. The van der Waals surface area contributed by atoms with Crippen molar-refractivity contribution in [2.75, 3.05) is 0 Å². The van der Waals surface area contributed by atoms with E-state index in [9.17, 15) is 4.79 Å². The lowest BCUT2D eigenvalue weighted by atomic mass is 10.0. The summed E-state index contributed by atoms with van der Waals surface area (Å²) in [5, 5.41) is 8.19. The Morgan fingerprint density at radius 2 is 1.75 bits per heavy atom. The molecule has 0 atom stereocenters. The molecule has 3 rings (SSSR count). The van der Waals surface area contributed by atoms with Crippen molar-refractivity contribution in [3.05, 3.63) is 77.6 Å². The van der Waals surface area contributed by atoms with Gasteiger partial charge in [-0.05, 0) is 25.1 Å². The molecule has 1 aromatic heterocycles. The number of benzene rings is 2. The Morgan fingerprint density at radius 3 is 2.50 bits per heavy atom. The van der Waals surface area contributed by atoms with E-state index in [0.717, 1.165) is 5.56 Å². The van der Waals surface area contributed by atoms with Crippen molar-refractivity contribution in [2.45, 2.75) is 6.92 Å². The molecule has 0 N–H and O–H groups in total. The maximum atomic E-state index is 12.6. The van der Waals surface area contributed by atoms with Gasteiger partial charge in [0.25, 0.3) is 0 Å². The largest absolute Gasteiger partial charge is 0.289 e. The molecule has 0 radical (unpaired) electrons. The molecule has 0 saturated carbocycles. The zero-order valence-electron chi connectivity index (χ0n) is 11.0. The quantitative estimate of drug-likeness (QED) is 0.683. The van der Waals surface area contributed by atoms with E-state index in [-0.39, 0.29) is 5.78 Å². The summed E-state index contributed by atoms with van der Waals surface area (Å²) in [6.07, 6.45) is 3.18. The second-order valence-electron chi connectivity index (χ2n) is 4.53. The molecule has 4 heteroatoms. The van der Waals surface area contributed by atoms with Gasteiger partial charge >= 0.3 is 0 Å². The molecule has 0 aliphatic carbocycles. The van der Waals surface area contributed by atoms with E-state index in [1.165, 1.54) is 4.80 Å². The molecular weight excluding hydrogens is 250 g/mol. The van der Waals surface area contributed by atoms with Crippen molar-refractivity contribution in [1.82, 2.24) is 15.0 Å². The van der Waals surface area contributed by atoms with Crippen LogP contribution in [0.2, 0.25) is 0 Å². The summed E-state index contributed by atoms with van der Waals surface area (Å²) >= 11 is 0. The molecule has 0 fully saturated rings. The zero-order chi connectivity index (χ0) is 13.9. The number of hydrogen-bond acceptors (Lipinski definition) is 3. The van der Waals surface area contributed by atoms with Gasteiger partial charge in [0.05, 0.1) is 23.6 Å². The van der Waals surface area contributed by atoms with Crippen LogP contribution in [0.1, 0.15) is 21.5 Å². The van der Waals surface area contributed by atoms with Crippen molar-refractivity contribution in [2.24, 2.45) is 0 Å². The van der Waals surface area contributed by atoms with Crippen LogP contribution < -0.4 is 0 Å². The van der Waals surface area contributed by atoms with E-state index in [2.05, 4.69) is 10.2 Å². The van der Waals surface area contributed by atoms with Crippen LogP contribution in [0.5, 0.6) is 0 Å². The van der Waals surface area contributed by atoms with Gasteiger partial charge in [-0.25, -0.2) is 0 Å². The van der Waals surface area contributed by atoms with Crippen LogP contribution in [0.25, 0.3) is 5.69 Å². The molecular formula is C16H13N3O. The molecule has 3 aromatic rings. The Balaban J connectivity index is 2.09. The highest BCUT2D eigenvalue weighted by Gasteiger charge is 2.15. The van der Waals surface area contributed by atoms with Crippen molar-refractivity contribution in [1.29, 1.82) is 0 Å². The van der Waals surface area contributed by atoms with E-state index >= 15 is 0 Å². The Morgan fingerprint density at radius 1 is 1.00 bits per heavy atom. The summed E-state index contributed by atoms with van der Waals surface area (Å²) in [4.78, 5) is 14.1. The second kappa shape index (κ2) is 5.09. The fraction of sp³-hybridized carbons (Fsp3) is 0.0625. The third-order valence-electron chi connectivity index (χ3n) is 3.06. The highest BCUT2D eigenvalue weighted by atomic mass is 16.1. The van der Waals surface area contributed by atoms with E-state index in [1.54, 1.807) is 18.5 Å². The monoisotopic (exact) mass is 263 g/mol. The minimum Gasteiger partial charge on any atom is -0.289 e. The van der Waals surface area contributed by atoms with E-state index in [4.69, 9.17) is 0 Å². The predicted octanol–water partition coefficient (Wildman–Crippen LogP) is 2.81. The number of rotatable bonds is 3. The SMILES string of the molecule is Cc1cccc(C(=O)c2ccccc2-n2nccn2)c1. The molecule has 0 saturated heterocycles. The van der Waals surface area contributed by atoms with E-state index in [0.29, 0.717) is 16.8 Å². The molecule has 0 spiro atoms. The Labute approximate surface area is 116 Å². The molecule has 0 unspecified atom stereocenters. The van der Waals surface area contributed by atoms with Gasteiger partial charge in [-0.3, -0.25) is 4.79 Å². The number of nitrogens with zero attached hydrogens (tertiary/aromatic N) is 3. The molecule has 20 heavy (non-hydrogen) atoms. The van der Waals surface area contributed by atoms with E-state index in [1.807, 2.05) is 49.4 Å². The molecule has 98 valence electrons. The maximum Gasteiger partial charge on any atom is 0.195 e. The predicted molar refractivity (Wildman–Crippen MR) is 76.0 cm³/mol. The van der Waals surface area contributed by atoms with Crippen molar-refractivity contribution >= 4 is 5.78 Å². The average molecular weight is 263 g/mol. The first-order valence-electron chi connectivity index (χ1n) is 6.33. The summed E-state index contributed by atoms with van der Waals surface area (Å²) < 4.78 is 0. The van der Waals surface area contributed by atoms with Crippen LogP contribution in [0.15, 0.2) is 60.9 Å². The first-order valence-corrected chi connectivity index (χ1v) is 6.33. The topological polar surface area (TPSA) is 47.8 Å². The van der Waals surface area contributed by atoms with Crippen LogP contribution in [-0.4, -0.2) is 20.8 Å². The number of carbonyl (C=O) groups excluding carboxylic acids is 1. The minimum absolute atomic E-state index is 0.0263. The average Bonchev–Trinajstić information content (AvgIpc) is 3.00. The summed E-state index contributed by atoms with van der Waals surface area (Å²) in [5.41, 5.74) is 3.01. The van der Waals surface area contributed by atoms with Gasteiger partial charge in [-0.2, -0.15) is 15.0 Å². The van der Waals surface area contributed by atoms with Crippen LogP contribution >= 0.6 is 0 Å². The highest BCUT2D eigenvalue weighted by molar-refractivity contribution is 6.11. The first-order chi connectivity index (χ1) is 9.75. The van der Waals surface area contributed by atoms with E-state index < -0.39 is 0 Å². The maximum absolute atomic E-state index is 12.6. The van der Waals surface area contributed by atoms with Gasteiger partial charge in [-0.1, -0.05) is 35.9 Å². The fourth-order valence-electron chi connectivity index (χ4n) is 2.12. The van der Waals surface area contributed by atoms with Crippen LogP contribution in [0.4, 0.5) is 0 Å². The lowest BCUT2D eigenvalue weighted by Gasteiger charge is -2.08. The number of hydrogen-bond donors (Lipinski definition) is 0. The van der Waals surface area contributed by atoms with Gasteiger partial charge in [0.1, 0.15) is 0 Å². The highest BCUT2D eigenvalue weighted by Crippen LogP contribution is 2.17. The van der Waals surface area contributed by atoms with Gasteiger partial charge in [0.15, 0.2) is 5.78 Å². The van der Waals surface area contributed by atoms with Gasteiger partial charge < -0.3 is 0 Å². The normalized spacial score (nSPS) is 10.4. The number of aromatic nitrogens is 3. The van der Waals surface area contributed by atoms with Crippen molar-refractivity contribution in [3.8, 4) is 5.69 Å².